The minimum atomic E-state index is 0.393. The van der Waals surface area contributed by atoms with Crippen LogP contribution in [-0.4, -0.2) is 30.6 Å². The highest BCUT2D eigenvalue weighted by Crippen LogP contribution is 2.45. The van der Waals surface area contributed by atoms with Crippen molar-refractivity contribution in [3.05, 3.63) is 0 Å². The van der Waals surface area contributed by atoms with Gasteiger partial charge in [-0.1, -0.05) is 34.6 Å². The Hall–Kier alpha value is -0.0800. The standard InChI is InChI=1S/C17H34N2/c1-12-8-9-19(10-13(12)2)11-15-6-7-16(18)14(3)17(15,4)5/h12-16H,6-11,18H2,1-5H3. The minimum absolute atomic E-state index is 0.393. The summed E-state index contributed by atoms with van der Waals surface area (Å²) in [4.78, 5) is 2.72. The number of piperidine rings is 1. The Labute approximate surface area is 120 Å². The quantitative estimate of drug-likeness (QED) is 0.830. The highest BCUT2D eigenvalue weighted by molar-refractivity contribution is 4.95. The molecular weight excluding hydrogens is 232 g/mol. The van der Waals surface area contributed by atoms with Crippen molar-refractivity contribution in [2.24, 2.45) is 34.8 Å². The Bertz CT molecular complexity index is 300. The molecule has 1 heterocycles. The largest absolute Gasteiger partial charge is 0.327 e. The summed E-state index contributed by atoms with van der Waals surface area (Å²) >= 11 is 0. The lowest BCUT2D eigenvalue weighted by Gasteiger charge is -2.49. The van der Waals surface area contributed by atoms with Crippen molar-refractivity contribution in [2.75, 3.05) is 19.6 Å². The molecule has 1 saturated carbocycles. The first kappa shape index (κ1) is 15.3. The van der Waals surface area contributed by atoms with Crippen LogP contribution in [0.1, 0.15) is 53.9 Å². The van der Waals surface area contributed by atoms with Gasteiger partial charge in [-0.3, -0.25) is 0 Å². The molecule has 1 aliphatic carbocycles. The molecular formula is C17H34N2. The van der Waals surface area contributed by atoms with Crippen molar-refractivity contribution < 1.29 is 0 Å². The number of nitrogens with two attached hydrogens (primary N) is 1. The van der Waals surface area contributed by atoms with Gasteiger partial charge in [0.15, 0.2) is 0 Å². The molecule has 0 spiro atoms. The second-order valence-electron chi connectivity index (χ2n) is 8.05. The van der Waals surface area contributed by atoms with Crippen molar-refractivity contribution in [1.82, 2.24) is 4.90 Å². The predicted octanol–water partition coefficient (Wildman–Crippen LogP) is 3.36. The van der Waals surface area contributed by atoms with E-state index >= 15 is 0 Å². The first-order valence-electron chi connectivity index (χ1n) is 8.30. The molecule has 1 aliphatic heterocycles. The summed E-state index contributed by atoms with van der Waals surface area (Å²) in [6.07, 6.45) is 3.91. The van der Waals surface area contributed by atoms with Gasteiger partial charge in [-0.15, -0.1) is 0 Å². The van der Waals surface area contributed by atoms with Gasteiger partial charge in [-0.2, -0.15) is 0 Å². The van der Waals surface area contributed by atoms with Gasteiger partial charge in [0, 0.05) is 19.1 Å². The van der Waals surface area contributed by atoms with E-state index in [2.05, 4.69) is 39.5 Å². The molecule has 0 aromatic heterocycles. The van der Waals surface area contributed by atoms with E-state index in [0.717, 1.165) is 17.8 Å². The van der Waals surface area contributed by atoms with Gasteiger partial charge in [0.05, 0.1) is 0 Å². The lowest BCUT2D eigenvalue weighted by molar-refractivity contribution is 0.0142. The van der Waals surface area contributed by atoms with Crippen LogP contribution in [0.2, 0.25) is 0 Å². The number of hydrogen-bond donors (Lipinski definition) is 1. The molecule has 2 rings (SSSR count). The van der Waals surface area contributed by atoms with E-state index in [1.54, 1.807) is 0 Å². The lowest BCUT2D eigenvalue weighted by atomic mass is 9.61. The minimum Gasteiger partial charge on any atom is -0.327 e. The monoisotopic (exact) mass is 266 g/mol. The number of rotatable bonds is 2. The van der Waals surface area contributed by atoms with E-state index in [-0.39, 0.29) is 0 Å². The number of likely N-dealkylation sites (tertiary alicyclic amines) is 1. The average Bonchev–Trinajstić information content (AvgIpc) is 2.35. The summed E-state index contributed by atoms with van der Waals surface area (Å²) in [5.74, 6) is 3.23. The molecule has 2 heteroatoms. The molecule has 19 heavy (non-hydrogen) atoms. The van der Waals surface area contributed by atoms with Crippen molar-refractivity contribution in [1.29, 1.82) is 0 Å². The van der Waals surface area contributed by atoms with Crippen LogP contribution in [0.5, 0.6) is 0 Å². The van der Waals surface area contributed by atoms with Crippen LogP contribution in [0.3, 0.4) is 0 Å². The zero-order valence-electron chi connectivity index (χ0n) is 13.7. The molecule has 1 saturated heterocycles. The van der Waals surface area contributed by atoms with Crippen LogP contribution in [0.25, 0.3) is 0 Å². The molecule has 0 aromatic carbocycles. The summed E-state index contributed by atoms with van der Waals surface area (Å²) < 4.78 is 0. The van der Waals surface area contributed by atoms with Gasteiger partial charge in [0.25, 0.3) is 0 Å². The average molecular weight is 266 g/mol. The number of nitrogens with zero attached hydrogens (tertiary/aromatic N) is 1. The van der Waals surface area contributed by atoms with Gasteiger partial charge >= 0.3 is 0 Å². The molecule has 2 nitrogen and oxygen atoms in total. The third-order valence-electron chi connectivity index (χ3n) is 6.61. The molecule has 0 amide bonds. The molecule has 5 unspecified atom stereocenters. The van der Waals surface area contributed by atoms with Crippen LogP contribution in [0, 0.1) is 29.1 Å². The Morgan fingerprint density at radius 1 is 1.05 bits per heavy atom. The fourth-order valence-electron chi connectivity index (χ4n) is 4.09. The molecule has 0 bridgehead atoms. The van der Waals surface area contributed by atoms with Crippen molar-refractivity contribution in [3.63, 3.8) is 0 Å². The topological polar surface area (TPSA) is 29.3 Å². The van der Waals surface area contributed by atoms with Crippen LogP contribution in [-0.2, 0) is 0 Å². The fraction of sp³-hybridized carbons (Fsp3) is 1.00. The second kappa shape index (κ2) is 5.73. The fourth-order valence-corrected chi connectivity index (χ4v) is 4.09. The summed E-state index contributed by atoms with van der Waals surface area (Å²) in [7, 11) is 0. The highest BCUT2D eigenvalue weighted by Gasteiger charge is 2.42. The van der Waals surface area contributed by atoms with E-state index in [4.69, 9.17) is 5.73 Å². The Morgan fingerprint density at radius 2 is 1.74 bits per heavy atom. The van der Waals surface area contributed by atoms with Gasteiger partial charge in [-0.05, 0) is 54.9 Å². The van der Waals surface area contributed by atoms with E-state index in [1.807, 2.05) is 0 Å². The summed E-state index contributed by atoms with van der Waals surface area (Å²) in [6.45, 7) is 16.0. The van der Waals surface area contributed by atoms with Crippen LogP contribution < -0.4 is 5.73 Å². The Morgan fingerprint density at radius 3 is 2.37 bits per heavy atom. The molecule has 2 aliphatic rings. The van der Waals surface area contributed by atoms with E-state index in [0.29, 0.717) is 17.4 Å². The third kappa shape index (κ3) is 3.16. The first-order chi connectivity index (χ1) is 8.82. The maximum absolute atomic E-state index is 6.28. The van der Waals surface area contributed by atoms with Crippen molar-refractivity contribution in [2.45, 2.75) is 59.9 Å². The van der Waals surface area contributed by atoms with Crippen molar-refractivity contribution in [3.8, 4) is 0 Å². The van der Waals surface area contributed by atoms with Gasteiger partial charge < -0.3 is 10.6 Å². The van der Waals surface area contributed by atoms with Crippen LogP contribution >= 0.6 is 0 Å². The molecule has 5 atom stereocenters. The van der Waals surface area contributed by atoms with E-state index in [9.17, 15) is 0 Å². The normalized spacial score (nSPS) is 44.2. The molecule has 2 N–H and O–H groups in total. The number of hydrogen-bond acceptors (Lipinski definition) is 2. The first-order valence-corrected chi connectivity index (χ1v) is 8.30. The summed E-state index contributed by atoms with van der Waals surface area (Å²) in [6, 6.07) is 0.409. The zero-order valence-corrected chi connectivity index (χ0v) is 13.7. The Balaban J connectivity index is 1.95. The molecule has 112 valence electrons. The SMILES string of the molecule is CC1CCN(CC2CCC(N)C(C)C2(C)C)CC1C. The van der Waals surface area contributed by atoms with E-state index in [1.165, 1.54) is 38.9 Å². The lowest BCUT2D eigenvalue weighted by Crippen LogP contribution is -2.51. The summed E-state index contributed by atoms with van der Waals surface area (Å²) in [5, 5.41) is 0. The van der Waals surface area contributed by atoms with Crippen LogP contribution in [0.4, 0.5) is 0 Å². The summed E-state index contributed by atoms with van der Waals surface area (Å²) in [5.41, 5.74) is 6.67. The van der Waals surface area contributed by atoms with Crippen molar-refractivity contribution >= 4 is 0 Å². The highest BCUT2D eigenvalue weighted by atomic mass is 15.1. The smallest absolute Gasteiger partial charge is 0.00698 e. The molecule has 0 radical (unpaired) electrons. The predicted molar refractivity (Wildman–Crippen MR) is 83.0 cm³/mol. The zero-order chi connectivity index (χ0) is 14.2. The Kier molecular flexibility index (Phi) is 4.62. The molecule has 0 aromatic rings. The van der Waals surface area contributed by atoms with E-state index < -0.39 is 0 Å². The van der Waals surface area contributed by atoms with Crippen LogP contribution in [0.15, 0.2) is 0 Å². The van der Waals surface area contributed by atoms with Gasteiger partial charge in [0.1, 0.15) is 0 Å². The molecule has 2 fully saturated rings. The van der Waals surface area contributed by atoms with Gasteiger partial charge in [-0.25, -0.2) is 0 Å². The maximum atomic E-state index is 6.28. The third-order valence-corrected chi connectivity index (χ3v) is 6.61. The maximum Gasteiger partial charge on any atom is 0.00698 e. The second-order valence-corrected chi connectivity index (χ2v) is 8.05. The van der Waals surface area contributed by atoms with Gasteiger partial charge in [0.2, 0.25) is 0 Å².